The van der Waals surface area contributed by atoms with Crippen molar-refractivity contribution >= 4 is 16.9 Å². The van der Waals surface area contributed by atoms with Gasteiger partial charge in [-0.05, 0) is 42.3 Å². The van der Waals surface area contributed by atoms with Crippen LogP contribution in [-0.2, 0) is 18.3 Å². The van der Waals surface area contributed by atoms with Crippen LogP contribution in [0.1, 0.15) is 11.3 Å². The summed E-state index contributed by atoms with van der Waals surface area (Å²) in [7, 11) is 1.86. The van der Waals surface area contributed by atoms with E-state index in [-0.39, 0.29) is 18.0 Å². The van der Waals surface area contributed by atoms with Crippen molar-refractivity contribution < 1.29 is 19.4 Å². The summed E-state index contributed by atoms with van der Waals surface area (Å²) in [5, 5.41) is 20.1. The van der Waals surface area contributed by atoms with E-state index in [1.165, 1.54) is 12.1 Å². The number of aryl methyl sites for hydroxylation is 1. The number of hydrogen-bond donors (Lipinski definition) is 2. The van der Waals surface area contributed by atoms with Crippen LogP contribution in [0.3, 0.4) is 0 Å². The predicted octanol–water partition coefficient (Wildman–Crippen LogP) is 3.63. The first kappa shape index (κ1) is 15.1. The molecule has 0 bridgehead atoms. The zero-order chi connectivity index (χ0) is 16.7. The van der Waals surface area contributed by atoms with Crippen LogP contribution in [0, 0.1) is 12.7 Å². The summed E-state index contributed by atoms with van der Waals surface area (Å²) in [4.78, 5) is 11.1. The maximum Gasteiger partial charge on any atom is 0.307 e. The quantitative estimate of drug-likeness (QED) is 0.776. The Morgan fingerprint density at radius 2 is 1.87 bits per heavy atom. The normalized spacial score (nSPS) is 11.1. The van der Waals surface area contributed by atoms with Crippen LogP contribution in [0.5, 0.6) is 5.75 Å². The van der Waals surface area contributed by atoms with Crippen molar-refractivity contribution in [3.05, 3.63) is 53.5 Å². The molecule has 5 heteroatoms. The lowest BCUT2D eigenvalue weighted by Crippen LogP contribution is -2.01. The number of phenols is 1. The van der Waals surface area contributed by atoms with Gasteiger partial charge in [-0.1, -0.05) is 12.1 Å². The predicted molar refractivity (Wildman–Crippen MR) is 86.1 cm³/mol. The molecule has 3 aromatic rings. The number of fused-ring (bicyclic) bond motifs is 1. The number of halogens is 1. The van der Waals surface area contributed by atoms with Gasteiger partial charge in [0.15, 0.2) is 0 Å². The van der Waals surface area contributed by atoms with Crippen LogP contribution in [-0.4, -0.2) is 20.7 Å². The first-order valence-electron chi connectivity index (χ1n) is 7.17. The summed E-state index contributed by atoms with van der Waals surface area (Å²) in [5.41, 5.74) is 3.65. The number of phenolic OH excluding ortho intramolecular Hbond substituents is 1. The van der Waals surface area contributed by atoms with Crippen molar-refractivity contribution in [3.8, 4) is 16.9 Å². The van der Waals surface area contributed by atoms with Gasteiger partial charge in [-0.3, -0.25) is 4.79 Å². The SMILES string of the molecule is Cc1c(CC(=O)O)c2cc(O)c(-c3ccc(F)cc3)cc2n1C. The van der Waals surface area contributed by atoms with Gasteiger partial charge in [-0.2, -0.15) is 0 Å². The number of benzene rings is 2. The van der Waals surface area contributed by atoms with E-state index in [9.17, 15) is 14.3 Å². The van der Waals surface area contributed by atoms with Gasteiger partial charge in [0, 0.05) is 29.2 Å². The van der Waals surface area contributed by atoms with E-state index in [0.717, 1.165) is 16.6 Å². The fraction of sp³-hybridized carbons (Fsp3) is 0.167. The Balaban J connectivity index is 2.24. The van der Waals surface area contributed by atoms with Crippen molar-refractivity contribution in [2.45, 2.75) is 13.3 Å². The Kier molecular flexibility index (Phi) is 3.56. The van der Waals surface area contributed by atoms with Gasteiger partial charge in [0.05, 0.1) is 6.42 Å². The van der Waals surface area contributed by atoms with Crippen molar-refractivity contribution in [3.63, 3.8) is 0 Å². The Bertz CT molecular complexity index is 910. The zero-order valence-electron chi connectivity index (χ0n) is 12.8. The van der Waals surface area contributed by atoms with Crippen LogP contribution >= 0.6 is 0 Å². The summed E-state index contributed by atoms with van der Waals surface area (Å²) in [5.74, 6) is -1.21. The highest BCUT2D eigenvalue weighted by Gasteiger charge is 2.17. The lowest BCUT2D eigenvalue weighted by molar-refractivity contribution is -0.136. The second kappa shape index (κ2) is 5.43. The number of carboxylic acid groups (broad SMARTS) is 1. The van der Waals surface area contributed by atoms with Crippen LogP contribution < -0.4 is 0 Å². The molecule has 0 spiro atoms. The smallest absolute Gasteiger partial charge is 0.307 e. The third kappa shape index (κ3) is 2.54. The van der Waals surface area contributed by atoms with Crippen molar-refractivity contribution in [1.29, 1.82) is 0 Å². The van der Waals surface area contributed by atoms with E-state index in [0.29, 0.717) is 16.7 Å². The average Bonchev–Trinajstić information content (AvgIpc) is 2.72. The molecule has 0 aliphatic carbocycles. The maximum atomic E-state index is 13.1. The third-order valence-corrected chi connectivity index (χ3v) is 4.22. The molecular weight excluding hydrogens is 297 g/mol. The standard InChI is InChI=1S/C18H16FNO3/c1-10-13(9-18(22)23)15-8-17(21)14(7-16(15)20(10)2)11-3-5-12(19)6-4-11/h3-8,21H,9H2,1-2H3,(H,22,23). The maximum absolute atomic E-state index is 13.1. The topological polar surface area (TPSA) is 62.5 Å². The fourth-order valence-electron chi connectivity index (χ4n) is 2.91. The highest BCUT2D eigenvalue weighted by molar-refractivity contribution is 5.94. The summed E-state index contributed by atoms with van der Waals surface area (Å²) >= 11 is 0. The molecule has 2 N–H and O–H groups in total. The molecule has 0 aliphatic rings. The number of nitrogens with zero attached hydrogens (tertiary/aromatic N) is 1. The molecular formula is C18H16FNO3. The molecule has 0 amide bonds. The molecule has 4 nitrogen and oxygen atoms in total. The minimum atomic E-state index is -0.914. The number of carbonyl (C=O) groups is 1. The highest BCUT2D eigenvalue weighted by atomic mass is 19.1. The van der Waals surface area contributed by atoms with E-state index < -0.39 is 5.97 Å². The summed E-state index contributed by atoms with van der Waals surface area (Å²) in [6.45, 7) is 1.85. The Hall–Kier alpha value is -2.82. The Morgan fingerprint density at radius 1 is 1.22 bits per heavy atom. The summed E-state index contributed by atoms with van der Waals surface area (Å²) in [6.07, 6.45) is -0.0987. The first-order chi connectivity index (χ1) is 10.9. The molecule has 2 aromatic carbocycles. The zero-order valence-corrected chi connectivity index (χ0v) is 12.8. The first-order valence-corrected chi connectivity index (χ1v) is 7.17. The molecule has 3 rings (SSSR count). The van der Waals surface area contributed by atoms with E-state index in [2.05, 4.69) is 0 Å². The molecule has 23 heavy (non-hydrogen) atoms. The monoisotopic (exact) mass is 313 g/mol. The van der Waals surface area contributed by atoms with Crippen LogP contribution in [0.15, 0.2) is 36.4 Å². The van der Waals surface area contributed by atoms with E-state index in [1.807, 2.05) is 18.5 Å². The Morgan fingerprint density at radius 3 is 2.48 bits per heavy atom. The number of rotatable bonds is 3. The van der Waals surface area contributed by atoms with E-state index >= 15 is 0 Å². The molecule has 1 heterocycles. The molecule has 0 saturated carbocycles. The number of aromatic hydroxyl groups is 1. The molecule has 0 atom stereocenters. The van der Waals surface area contributed by atoms with Gasteiger partial charge >= 0.3 is 5.97 Å². The van der Waals surface area contributed by atoms with Gasteiger partial charge in [0.1, 0.15) is 11.6 Å². The van der Waals surface area contributed by atoms with Gasteiger partial charge in [0.2, 0.25) is 0 Å². The van der Waals surface area contributed by atoms with Crippen LogP contribution in [0.2, 0.25) is 0 Å². The minimum Gasteiger partial charge on any atom is -0.507 e. The summed E-state index contributed by atoms with van der Waals surface area (Å²) < 4.78 is 15.0. The molecule has 0 saturated heterocycles. The van der Waals surface area contributed by atoms with Crippen molar-refractivity contribution in [1.82, 2.24) is 4.57 Å². The lowest BCUT2D eigenvalue weighted by atomic mass is 10.0. The van der Waals surface area contributed by atoms with Crippen LogP contribution in [0.4, 0.5) is 4.39 Å². The average molecular weight is 313 g/mol. The molecule has 118 valence electrons. The highest BCUT2D eigenvalue weighted by Crippen LogP contribution is 2.36. The molecule has 0 unspecified atom stereocenters. The van der Waals surface area contributed by atoms with E-state index in [1.54, 1.807) is 24.3 Å². The largest absolute Gasteiger partial charge is 0.507 e. The number of aromatic nitrogens is 1. The molecule has 0 fully saturated rings. The van der Waals surface area contributed by atoms with Gasteiger partial charge < -0.3 is 14.8 Å². The molecule has 1 aromatic heterocycles. The number of aliphatic carboxylic acids is 1. The van der Waals surface area contributed by atoms with Crippen molar-refractivity contribution in [2.75, 3.05) is 0 Å². The molecule has 0 aliphatic heterocycles. The number of carboxylic acids is 1. The fourth-order valence-corrected chi connectivity index (χ4v) is 2.91. The number of hydrogen-bond acceptors (Lipinski definition) is 2. The summed E-state index contributed by atoms with van der Waals surface area (Å²) in [6, 6.07) is 9.26. The molecule has 0 radical (unpaired) electrons. The van der Waals surface area contributed by atoms with Gasteiger partial charge in [0.25, 0.3) is 0 Å². The van der Waals surface area contributed by atoms with Gasteiger partial charge in [-0.25, -0.2) is 4.39 Å². The minimum absolute atomic E-state index is 0.0429. The Labute approximate surface area is 132 Å². The van der Waals surface area contributed by atoms with Crippen LogP contribution in [0.25, 0.3) is 22.0 Å². The third-order valence-electron chi connectivity index (χ3n) is 4.22. The van der Waals surface area contributed by atoms with E-state index in [4.69, 9.17) is 5.11 Å². The van der Waals surface area contributed by atoms with Gasteiger partial charge in [-0.15, -0.1) is 0 Å². The second-order valence-electron chi connectivity index (χ2n) is 5.59. The second-order valence-corrected chi connectivity index (χ2v) is 5.59. The lowest BCUT2D eigenvalue weighted by Gasteiger charge is -2.07. The van der Waals surface area contributed by atoms with Crippen molar-refractivity contribution in [2.24, 2.45) is 7.05 Å².